The fourth-order valence-corrected chi connectivity index (χ4v) is 3.68. The molecule has 2 aliphatic heterocycles. The van der Waals surface area contributed by atoms with Gasteiger partial charge in [0.2, 0.25) is 0 Å². The van der Waals surface area contributed by atoms with E-state index in [2.05, 4.69) is 56.3 Å². The van der Waals surface area contributed by atoms with E-state index in [1.807, 2.05) is 7.05 Å². The molecular formula is C19H32IN5. The molecule has 2 aliphatic rings. The summed E-state index contributed by atoms with van der Waals surface area (Å²) in [6.07, 6.45) is 3.56. The van der Waals surface area contributed by atoms with Crippen LogP contribution in [-0.2, 0) is 6.42 Å². The Morgan fingerprint density at radius 3 is 2.80 bits per heavy atom. The second kappa shape index (κ2) is 10.3. The molecule has 140 valence electrons. The molecule has 2 heterocycles. The third kappa shape index (κ3) is 5.56. The van der Waals surface area contributed by atoms with Gasteiger partial charge in [0.05, 0.1) is 0 Å². The Morgan fingerprint density at radius 2 is 1.96 bits per heavy atom. The van der Waals surface area contributed by atoms with Gasteiger partial charge in [-0.25, -0.2) is 0 Å². The van der Waals surface area contributed by atoms with Gasteiger partial charge >= 0.3 is 0 Å². The van der Waals surface area contributed by atoms with Crippen LogP contribution in [0.15, 0.2) is 29.3 Å². The minimum Gasteiger partial charge on any atom is -0.356 e. The molecule has 6 heteroatoms. The van der Waals surface area contributed by atoms with E-state index >= 15 is 0 Å². The summed E-state index contributed by atoms with van der Waals surface area (Å²) in [7, 11) is 4.11. The molecule has 0 bridgehead atoms. The quantitative estimate of drug-likeness (QED) is 0.326. The molecule has 1 aromatic rings. The van der Waals surface area contributed by atoms with Gasteiger partial charge in [-0.1, -0.05) is 18.2 Å². The zero-order valence-electron chi connectivity index (χ0n) is 15.6. The fraction of sp³-hybridized carbons (Fsp3) is 0.632. The van der Waals surface area contributed by atoms with Crippen molar-refractivity contribution in [1.82, 2.24) is 15.1 Å². The average Bonchev–Trinajstić information content (AvgIpc) is 2.92. The van der Waals surface area contributed by atoms with Gasteiger partial charge in [0.25, 0.3) is 0 Å². The number of guanidine groups is 1. The summed E-state index contributed by atoms with van der Waals surface area (Å²) in [6.45, 7) is 8.04. The van der Waals surface area contributed by atoms with E-state index in [0.29, 0.717) is 0 Å². The van der Waals surface area contributed by atoms with Crippen LogP contribution in [0.5, 0.6) is 0 Å². The Bertz CT molecular complexity index is 563. The molecule has 0 unspecified atom stereocenters. The van der Waals surface area contributed by atoms with Crippen molar-refractivity contribution in [2.24, 2.45) is 4.99 Å². The van der Waals surface area contributed by atoms with E-state index in [1.54, 1.807) is 0 Å². The van der Waals surface area contributed by atoms with E-state index in [9.17, 15) is 0 Å². The Labute approximate surface area is 169 Å². The molecule has 25 heavy (non-hydrogen) atoms. The van der Waals surface area contributed by atoms with E-state index < -0.39 is 0 Å². The Balaban J connectivity index is 0.00000225. The summed E-state index contributed by atoms with van der Waals surface area (Å²) in [6, 6.07) is 8.65. The lowest BCUT2D eigenvalue weighted by Gasteiger charge is -2.23. The van der Waals surface area contributed by atoms with Crippen molar-refractivity contribution in [2.75, 3.05) is 64.8 Å². The highest BCUT2D eigenvalue weighted by atomic mass is 127. The molecule has 0 amide bonds. The second-order valence-electron chi connectivity index (χ2n) is 6.86. The van der Waals surface area contributed by atoms with Crippen LogP contribution in [-0.4, -0.2) is 75.7 Å². The largest absolute Gasteiger partial charge is 0.356 e. The van der Waals surface area contributed by atoms with Crippen LogP contribution in [0.2, 0.25) is 0 Å². The molecule has 1 aromatic carbocycles. The first-order valence-corrected chi connectivity index (χ1v) is 9.25. The van der Waals surface area contributed by atoms with Crippen molar-refractivity contribution in [3.05, 3.63) is 29.8 Å². The number of benzene rings is 1. The molecule has 1 saturated heterocycles. The van der Waals surface area contributed by atoms with E-state index in [0.717, 1.165) is 31.9 Å². The lowest BCUT2D eigenvalue weighted by atomic mass is 10.2. The highest BCUT2D eigenvalue weighted by Gasteiger charge is 2.22. The summed E-state index contributed by atoms with van der Waals surface area (Å²) in [5.74, 6) is 1.01. The SMILES string of the molecule is CN=C(NCCCN1CCCN(C)CC1)N1CCc2ccccc21.I. The van der Waals surface area contributed by atoms with Crippen molar-refractivity contribution in [1.29, 1.82) is 0 Å². The first kappa shape index (κ1) is 20.5. The molecule has 0 saturated carbocycles. The Hall–Kier alpha value is -0.860. The van der Waals surface area contributed by atoms with Gasteiger partial charge in [0, 0.05) is 38.9 Å². The monoisotopic (exact) mass is 457 g/mol. The van der Waals surface area contributed by atoms with Crippen molar-refractivity contribution in [3.63, 3.8) is 0 Å². The number of likely N-dealkylation sites (N-methyl/N-ethyl adjacent to an activating group) is 1. The highest BCUT2D eigenvalue weighted by molar-refractivity contribution is 14.0. The van der Waals surface area contributed by atoms with Crippen LogP contribution in [0.25, 0.3) is 0 Å². The predicted molar refractivity (Wildman–Crippen MR) is 117 cm³/mol. The highest BCUT2D eigenvalue weighted by Crippen LogP contribution is 2.27. The van der Waals surface area contributed by atoms with Gasteiger partial charge in [-0.2, -0.15) is 0 Å². The number of nitrogens with one attached hydrogen (secondary N) is 1. The minimum absolute atomic E-state index is 0. The molecule has 0 aromatic heterocycles. The molecule has 1 N–H and O–H groups in total. The molecule has 3 rings (SSSR count). The Kier molecular flexibility index (Phi) is 8.45. The zero-order valence-corrected chi connectivity index (χ0v) is 17.9. The number of para-hydroxylation sites is 1. The van der Waals surface area contributed by atoms with Crippen LogP contribution >= 0.6 is 24.0 Å². The molecule has 0 atom stereocenters. The average molecular weight is 457 g/mol. The van der Waals surface area contributed by atoms with Crippen molar-refractivity contribution < 1.29 is 0 Å². The maximum absolute atomic E-state index is 4.49. The third-order valence-corrected chi connectivity index (χ3v) is 5.10. The minimum atomic E-state index is 0. The van der Waals surface area contributed by atoms with Gasteiger partial charge in [0.1, 0.15) is 0 Å². The summed E-state index contributed by atoms with van der Waals surface area (Å²) in [4.78, 5) is 11.8. The van der Waals surface area contributed by atoms with Gasteiger partial charge < -0.3 is 20.0 Å². The lowest BCUT2D eigenvalue weighted by Crippen LogP contribution is -2.41. The van der Waals surface area contributed by atoms with Gasteiger partial charge in [-0.15, -0.1) is 24.0 Å². The summed E-state index contributed by atoms with van der Waals surface area (Å²) >= 11 is 0. The number of rotatable bonds is 4. The number of hydrogen-bond donors (Lipinski definition) is 1. The summed E-state index contributed by atoms with van der Waals surface area (Å²) < 4.78 is 0. The van der Waals surface area contributed by atoms with E-state index in [4.69, 9.17) is 0 Å². The maximum Gasteiger partial charge on any atom is 0.198 e. The summed E-state index contributed by atoms with van der Waals surface area (Å²) in [5, 5.41) is 3.56. The third-order valence-electron chi connectivity index (χ3n) is 5.10. The standard InChI is InChI=1S/C19H31N5.HI/c1-20-19(24-14-9-17-7-3-4-8-18(17)24)21-10-5-12-23-13-6-11-22(2)15-16-23;/h3-4,7-8H,5-6,9-16H2,1-2H3,(H,20,21);1H. The first-order valence-electron chi connectivity index (χ1n) is 9.25. The predicted octanol–water partition coefficient (Wildman–Crippen LogP) is 2.27. The lowest BCUT2D eigenvalue weighted by molar-refractivity contribution is 0.274. The van der Waals surface area contributed by atoms with Gasteiger partial charge in [-0.3, -0.25) is 4.99 Å². The number of nitrogens with zero attached hydrogens (tertiary/aromatic N) is 4. The van der Waals surface area contributed by atoms with Gasteiger partial charge in [0.15, 0.2) is 5.96 Å². The Morgan fingerprint density at radius 1 is 1.12 bits per heavy atom. The van der Waals surface area contributed by atoms with Crippen molar-refractivity contribution in [2.45, 2.75) is 19.3 Å². The van der Waals surface area contributed by atoms with Crippen LogP contribution in [0.1, 0.15) is 18.4 Å². The number of aliphatic imine (C=N–C) groups is 1. The molecule has 1 fully saturated rings. The molecular weight excluding hydrogens is 425 g/mol. The number of hydrogen-bond acceptors (Lipinski definition) is 3. The first-order chi connectivity index (χ1) is 11.8. The number of fused-ring (bicyclic) bond motifs is 1. The molecule has 0 aliphatic carbocycles. The van der Waals surface area contributed by atoms with Crippen molar-refractivity contribution >= 4 is 35.6 Å². The van der Waals surface area contributed by atoms with Crippen LogP contribution in [0.3, 0.4) is 0 Å². The van der Waals surface area contributed by atoms with Crippen LogP contribution in [0, 0.1) is 0 Å². The van der Waals surface area contributed by atoms with Crippen molar-refractivity contribution in [3.8, 4) is 0 Å². The van der Waals surface area contributed by atoms with Crippen LogP contribution < -0.4 is 10.2 Å². The van der Waals surface area contributed by atoms with Crippen LogP contribution in [0.4, 0.5) is 5.69 Å². The zero-order chi connectivity index (χ0) is 16.8. The van der Waals surface area contributed by atoms with E-state index in [1.165, 1.54) is 50.4 Å². The number of halogens is 1. The van der Waals surface area contributed by atoms with E-state index in [-0.39, 0.29) is 24.0 Å². The normalized spacial score (nSPS) is 19.3. The molecule has 0 radical (unpaired) electrons. The second-order valence-corrected chi connectivity index (χ2v) is 6.86. The number of anilines is 1. The molecule has 5 nitrogen and oxygen atoms in total. The maximum atomic E-state index is 4.49. The fourth-order valence-electron chi connectivity index (χ4n) is 3.68. The smallest absolute Gasteiger partial charge is 0.198 e. The van der Waals surface area contributed by atoms with Gasteiger partial charge in [-0.05, 0) is 57.6 Å². The topological polar surface area (TPSA) is 34.1 Å². The summed E-state index contributed by atoms with van der Waals surface area (Å²) in [5.41, 5.74) is 2.73. The molecule has 0 spiro atoms.